The van der Waals surface area contributed by atoms with Crippen LogP contribution in [0.1, 0.15) is 25.8 Å². The van der Waals surface area contributed by atoms with Crippen molar-refractivity contribution in [3.05, 3.63) is 35.9 Å². The maximum Gasteiger partial charge on any atom is 0.305 e. The molecule has 1 aromatic carbocycles. The number of aliphatic carboxylic acids is 1. The molecule has 21 heavy (non-hydrogen) atoms. The molecule has 1 aromatic rings. The number of nitrogens with one attached hydrogen (secondary N) is 1. The van der Waals surface area contributed by atoms with Crippen LogP contribution in [0.2, 0.25) is 0 Å². The van der Waals surface area contributed by atoms with Crippen molar-refractivity contribution in [2.45, 2.75) is 26.3 Å². The second kappa shape index (κ2) is 8.09. The maximum absolute atomic E-state index is 11.9. The monoisotopic (exact) mass is 291 g/mol. The molecule has 0 aliphatic rings. The van der Waals surface area contributed by atoms with Gasteiger partial charge in [-0.3, -0.25) is 9.59 Å². The summed E-state index contributed by atoms with van der Waals surface area (Å²) in [7, 11) is 1.56. The Balaban J connectivity index is 2.71. The second-order valence-corrected chi connectivity index (χ2v) is 5.03. The Morgan fingerprint density at radius 1 is 1.33 bits per heavy atom. The molecule has 0 heterocycles. The fourth-order valence-electron chi connectivity index (χ4n) is 1.84. The van der Waals surface area contributed by atoms with Crippen molar-refractivity contribution in [2.24, 2.45) is 5.92 Å². The van der Waals surface area contributed by atoms with Gasteiger partial charge in [-0.15, -0.1) is 0 Å². The van der Waals surface area contributed by atoms with Crippen molar-refractivity contribution in [2.75, 3.05) is 7.11 Å². The van der Waals surface area contributed by atoms with Gasteiger partial charge in [0.25, 0.3) is 0 Å². The Kier molecular flexibility index (Phi) is 6.46. The number of para-hydroxylation sites is 1. The number of methoxy groups -OCH3 is 1. The van der Waals surface area contributed by atoms with Gasteiger partial charge in [0.2, 0.25) is 5.91 Å². The third-order valence-electron chi connectivity index (χ3n) is 3.08. The average Bonchev–Trinajstić information content (AvgIpc) is 2.44. The van der Waals surface area contributed by atoms with Crippen molar-refractivity contribution >= 4 is 18.0 Å². The smallest absolute Gasteiger partial charge is 0.305 e. The van der Waals surface area contributed by atoms with Crippen LogP contribution in [-0.2, 0) is 9.59 Å². The standard InChI is InChI=1S/C16H21NO4/c1-11(2)13(10-16(19)20)17-15(18)9-8-12-6-4-5-7-14(12)21-3/h4-9,11,13H,10H2,1-3H3,(H,17,18)(H,19,20)/b9-8+. The summed E-state index contributed by atoms with van der Waals surface area (Å²) < 4.78 is 5.19. The number of benzene rings is 1. The molecular formula is C16H21NO4. The maximum atomic E-state index is 11.9. The van der Waals surface area contributed by atoms with Crippen LogP contribution in [0.5, 0.6) is 5.75 Å². The van der Waals surface area contributed by atoms with Crippen molar-refractivity contribution < 1.29 is 19.4 Å². The van der Waals surface area contributed by atoms with Crippen LogP contribution in [0.25, 0.3) is 6.08 Å². The summed E-state index contributed by atoms with van der Waals surface area (Å²) >= 11 is 0. The highest BCUT2D eigenvalue weighted by atomic mass is 16.5. The quantitative estimate of drug-likeness (QED) is 0.756. The van der Waals surface area contributed by atoms with E-state index in [0.29, 0.717) is 5.75 Å². The van der Waals surface area contributed by atoms with Crippen LogP contribution in [0.3, 0.4) is 0 Å². The number of hydrogen-bond donors (Lipinski definition) is 2. The van der Waals surface area contributed by atoms with E-state index in [2.05, 4.69) is 5.32 Å². The average molecular weight is 291 g/mol. The number of carbonyl (C=O) groups excluding carboxylic acids is 1. The molecule has 0 aliphatic heterocycles. The molecule has 1 atom stereocenters. The molecule has 5 nitrogen and oxygen atoms in total. The van der Waals surface area contributed by atoms with Crippen LogP contribution in [0.15, 0.2) is 30.3 Å². The first kappa shape index (κ1) is 16.8. The van der Waals surface area contributed by atoms with Crippen LogP contribution in [0.4, 0.5) is 0 Å². The Labute approximate surface area is 124 Å². The van der Waals surface area contributed by atoms with Gasteiger partial charge in [0, 0.05) is 17.7 Å². The molecule has 0 aromatic heterocycles. The largest absolute Gasteiger partial charge is 0.496 e. The van der Waals surface area contributed by atoms with Crippen LogP contribution in [0, 0.1) is 5.92 Å². The zero-order valence-corrected chi connectivity index (χ0v) is 12.5. The number of carboxylic acid groups (broad SMARTS) is 1. The Morgan fingerprint density at radius 3 is 2.57 bits per heavy atom. The number of amides is 1. The second-order valence-electron chi connectivity index (χ2n) is 5.03. The molecule has 0 saturated carbocycles. The summed E-state index contributed by atoms with van der Waals surface area (Å²) in [6.45, 7) is 3.75. The normalized spacial score (nSPS) is 12.4. The molecule has 1 rings (SSSR count). The highest BCUT2D eigenvalue weighted by molar-refractivity contribution is 5.92. The molecule has 0 fully saturated rings. The van der Waals surface area contributed by atoms with Crippen molar-refractivity contribution in [3.63, 3.8) is 0 Å². The minimum absolute atomic E-state index is 0.0460. The summed E-state index contributed by atoms with van der Waals surface area (Å²) in [5.41, 5.74) is 0.787. The summed E-state index contributed by atoms with van der Waals surface area (Å²) in [5.74, 6) is -0.527. The van der Waals surface area contributed by atoms with Gasteiger partial charge in [-0.2, -0.15) is 0 Å². The molecule has 2 N–H and O–H groups in total. The number of carboxylic acids is 1. The molecule has 0 aliphatic carbocycles. The molecule has 0 saturated heterocycles. The Bertz CT molecular complexity index is 523. The SMILES string of the molecule is COc1ccccc1/C=C/C(=O)NC(CC(=O)O)C(C)C. The van der Waals surface area contributed by atoms with Crippen LogP contribution in [-0.4, -0.2) is 30.1 Å². The lowest BCUT2D eigenvalue weighted by Crippen LogP contribution is -2.39. The fourth-order valence-corrected chi connectivity index (χ4v) is 1.84. The predicted octanol–water partition coefficient (Wildman–Crippen LogP) is 2.32. The van der Waals surface area contributed by atoms with E-state index in [9.17, 15) is 9.59 Å². The van der Waals surface area contributed by atoms with Crippen LogP contribution < -0.4 is 10.1 Å². The molecule has 0 radical (unpaired) electrons. The van der Waals surface area contributed by atoms with Crippen molar-refractivity contribution in [1.29, 1.82) is 0 Å². The van der Waals surface area contributed by atoms with Crippen molar-refractivity contribution in [1.82, 2.24) is 5.32 Å². The third kappa shape index (κ3) is 5.69. The molecule has 0 bridgehead atoms. The highest BCUT2D eigenvalue weighted by Crippen LogP contribution is 2.18. The Morgan fingerprint density at radius 2 is 2.00 bits per heavy atom. The van der Waals surface area contributed by atoms with Gasteiger partial charge in [-0.1, -0.05) is 32.0 Å². The first-order chi connectivity index (χ1) is 9.93. The lowest BCUT2D eigenvalue weighted by Gasteiger charge is -2.19. The van der Waals surface area contributed by atoms with E-state index in [1.807, 2.05) is 32.0 Å². The van der Waals surface area contributed by atoms with E-state index in [1.54, 1.807) is 19.3 Å². The Hall–Kier alpha value is -2.30. The number of hydrogen-bond acceptors (Lipinski definition) is 3. The molecule has 1 unspecified atom stereocenters. The summed E-state index contributed by atoms with van der Waals surface area (Å²) in [6, 6.07) is 6.94. The lowest BCUT2D eigenvalue weighted by atomic mass is 10.0. The summed E-state index contributed by atoms with van der Waals surface area (Å²) in [5, 5.41) is 11.5. The first-order valence-corrected chi connectivity index (χ1v) is 6.77. The minimum Gasteiger partial charge on any atom is -0.496 e. The van der Waals surface area contributed by atoms with Gasteiger partial charge in [-0.25, -0.2) is 0 Å². The number of carbonyl (C=O) groups is 2. The van der Waals surface area contributed by atoms with E-state index < -0.39 is 12.0 Å². The topological polar surface area (TPSA) is 75.6 Å². The van der Waals surface area contributed by atoms with Gasteiger partial charge in [0.15, 0.2) is 0 Å². The lowest BCUT2D eigenvalue weighted by molar-refractivity contribution is -0.138. The van der Waals surface area contributed by atoms with Gasteiger partial charge < -0.3 is 15.2 Å². The number of ether oxygens (including phenoxy) is 1. The van der Waals surface area contributed by atoms with Gasteiger partial charge >= 0.3 is 5.97 Å². The first-order valence-electron chi connectivity index (χ1n) is 6.77. The molecule has 1 amide bonds. The van der Waals surface area contributed by atoms with Crippen LogP contribution >= 0.6 is 0 Å². The molecular weight excluding hydrogens is 270 g/mol. The highest BCUT2D eigenvalue weighted by Gasteiger charge is 2.18. The van der Waals surface area contributed by atoms with Gasteiger partial charge in [0.1, 0.15) is 5.75 Å². The predicted molar refractivity (Wildman–Crippen MR) is 81.0 cm³/mol. The van der Waals surface area contributed by atoms with Gasteiger partial charge in [-0.05, 0) is 18.1 Å². The molecule has 114 valence electrons. The van der Waals surface area contributed by atoms with Gasteiger partial charge in [0.05, 0.1) is 13.5 Å². The summed E-state index contributed by atoms with van der Waals surface area (Å²) in [6.07, 6.45) is 2.94. The number of rotatable bonds is 7. The van der Waals surface area contributed by atoms with E-state index >= 15 is 0 Å². The zero-order valence-electron chi connectivity index (χ0n) is 12.5. The van der Waals surface area contributed by atoms with E-state index in [-0.39, 0.29) is 18.2 Å². The summed E-state index contributed by atoms with van der Waals surface area (Å²) in [4.78, 5) is 22.7. The minimum atomic E-state index is -0.928. The fraction of sp³-hybridized carbons (Fsp3) is 0.375. The molecule has 5 heteroatoms. The van der Waals surface area contributed by atoms with E-state index in [0.717, 1.165) is 5.56 Å². The third-order valence-corrected chi connectivity index (χ3v) is 3.08. The van der Waals surface area contributed by atoms with E-state index in [1.165, 1.54) is 6.08 Å². The van der Waals surface area contributed by atoms with Crippen molar-refractivity contribution in [3.8, 4) is 5.75 Å². The van der Waals surface area contributed by atoms with E-state index in [4.69, 9.17) is 9.84 Å². The zero-order chi connectivity index (χ0) is 15.8. The molecule has 0 spiro atoms.